The van der Waals surface area contributed by atoms with E-state index in [-0.39, 0.29) is 18.9 Å². The molecule has 5 N–H and O–H groups in total. The number of carbonyl (C=O) groups is 3. The molecule has 3 amide bonds. The van der Waals surface area contributed by atoms with Crippen LogP contribution < -0.4 is 16.4 Å². The summed E-state index contributed by atoms with van der Waals surface area (Å²) in [6.07, 6.45) is 1.90. The molecule has 0 saturated heterocycles. The molecule has 0 aromatic carbocycles. The number of carboxylic acid groups (broad SMARTS) is 1. The molecule has 9 heteroatoms. The van der Waals surface area contributed by atoms with E-state index in [9.17, 15) is 18.6 Å². The van der Waals surface area contributed by atoms with E-state index >= 15 is 0 Å². The van der Waals surface area contributed by atoms with Gasteiger partial charge in [-0.3, -0.25) is 9.00 Å². The molecule has 3 atom stereocenters. The number of carbonyl (C=O) groups excluding carboxylic acids is 2. The van der Waals surface area contributed by atoms with Crippen LogP contribution in [0.5, 0.6) is 0 Å². The Bertz CT molecular complexity index is 388. The molecule has 0 heterocycles. The molecule has 0 aromatic rings. The zero-order valence-corrected chi connectivity index (χ0v) is 12.4. The van der Waals surface area contributed by atoms with Crippen molar-refractivity contribution < 1.29 is 23.7 Å². The van der Waals surface area contributed by atoms with Gasteiger partial charge in [0.05, 0.1) is 0 Å². The Balaban J connectivity index is 4.21. The Kier molecular flexibility index (Phi) is 8.53. The third kappa shape index (κ3) is 9.31. The van der Waals surface area contributed by atoms with Crippen LogP contribution in [0, 0.1) is 0 Å². The summed E-state index contributed by atoms with van der Waals surface area (Å²) in [5.74, 6) is -1.41. The smallest absolute Gasteiger partial charge is 0.326 e. The summed E-state index contributed by atoms with van der Waals surface area (Å²) < 4.78 is 10.9. The van der Waals surface area contributed by atoms with Crippen molar-refractivity contribution in [2.45, 2.75) is 38.3 Å². The predicted molar refractivity (Wildman–Crippen MR) is 74.5 cm³/mol. The Labute approximate surface area is 119 Å². The quantitative estimate of drug-likeness (QED) is 0.440. The van der Waals surface area contributed by atoms with E-state index in [1.807, 2.05) is 0 Å². The molecule has 20 heavy (non-hydrogen) atoms. The summed E-state index contributed by atoms with van der Waals surface area (Å²) in [7, 11) is -0.945. The van der Waals surface area contributed by atoms with Gasteiger partial charge in [0, 0.05) is 35.3 Å². The lowest BCUT2D eigenvalue weighted by Gasteiger charge is -2.17. The Hall–Kier alpha value is -1.64. The average Bonchev–Trinajstić information content (AvgIpc) is 2.31. The standard InChI is InChI=1S/C11H21N3O5S/c1-7(5-6-20(2)19)13-11(18)14-8(10(16)17)3-4-9(12)15/h7-8H,3-6H2,1-2H3,(H2,12,15)(H,16,17)(H2,13,14,18)/t7?,8-,20?/m1/s1. The van der Waals surface area contributed by atoms with E-state index < -0.39 is 34.7 Å². The highest BCUT2D eigenvalue weighted by atomic mass is 32.2. The monoisotopic (exact) mass is 307 g/mol. The van der Waals surface area contributed by atoms with Gasteiger partial charge in [0.15, 0.2) is 0 Å². The molecule has 0 aliphatic heterocycles. The Morgan fingerprint density at radius 3 is 2.30 bits per heavy atom. The minimum Gasteiger partial charge on any atom is -0.480 e. The summed E-state index contributed by atoms with van der Waals surface area (Å²) >= 11 is 0. The number of hydrogen-bond donors (Lipinski definition) is 4. The second kappa shape index (κ2) is 9.29. The van der Waals surface area contributed by atoms with Crippen molar-refractivity contribution >= 4 is 28.7 Å². The first-order valence-electron chi connectivity index (χ1n) is 6.10. The zero-order valence-electron chi connectivity index (χ0n) is 11.5. The van der Waals surface area contributed by atoms with Gasteiger partial charge >= 0.3 is 12.0 Å². The summed E-state index contributed by atoms with van der Waals surface area (Å²) in [5.41, 5.74) is 4.93. The summed E-state index contributed by atoms with van der Waals surface area (Å²) in [4.78, 5) is 33.1. The van der Waals surface area contributed by atoms with Crippen molar-refractivity contribution in [3.05, 3.63) is 0 Å². The summed E-state index contributed by atoms with van der Waals surface area (Å²) in [6, 6.07) is -2.05. The highest BCUT2D eigenvalue weighted by Crippen LogP contribution is 1.98. The molecule has 8 nitrogen and oxygen atoms in total. The number of hydrogen-bond acceptors (Lipinski definition) is 4. The highest BCUT2D eigenvalue weighted by molar-refractivity contribution is 7.84. The lowest BCUT2D eigenvalue weighted by Crippen LogP contribution is -2.48. The third-order valence-corrected chi connectivity index (χ3v) is 3.31. The predicted octanol–water partition coefficient (Wildman–Crippen LogP) is -0.839. The number of amides is 3. The van der Waals surface area contributed by atoms with Gasteiger partial charge in [-0.15, -0.1) is 0 Å². The van der Waals surface area contributed by atoms with Crippen molar-refractivity contribution in [3.8, 4) is 0 Å². The Morgan fingerprint density at radius 1 is 1.25 bits per heavy atom. The van der Waals surface area contributed by atoms with Crippen LogP contribution in [-0.4, -0.2) is 51.3 Å². The van der Waals surface area contributed by atoms with E-state index in [0.717, 1.165) is 0 Å². The third-order valence-electron chi connectivity index (χ3n) is 2.50. The van der Waals surface area contributed by atoms with Gasteiger partial charge in [0.2, 0.25) is 5.91 Å². The maximum atomic E-state index is 11.6. The molecule has 0 aliphatic rings. The zero-order chi connectivity index (χ0) is 15.7. The number of rotatable bonds is 9. The van der Waals surface area contributed by atoms with Gasteiger partial charge < -0.3 is 21.5 Å². The van der Waals surface area contributed by atoms with Crippen LogP contribution in [0.3, 0.4) is 0 Å². The number of nitrogens with two attached hydrogens (primary N) is 1. The topological polar surface area (TPSA) is 139 Å². The number of carboxylic acids is 1. The fraction of sp³-hybridized carbons (Fsp3) is 0.727. The van der Waals surface area contributed by atoms with Gasteiger partial charge in [-0.1, -0.05) is 0 Å². The molecule has 0 bridgehead atoms. The molecular formula is C11H21N3O5S. The SMILES string of the molecule is CC(CCS(C)=O)NC(=O)N[C@H](CCC(N)=O)C(=O)O. The van der Waals surface area contributed by atoms with Gasteiger partial charge in [-0.2, -0.15) is 0 Å². The van der Waals surface area contributed by atoms with E-state index in [1.165, 1.54) is 0 Å². The van der Waals surface area contributed by atoms with E-state index in [1.54, 1.807) is 13.2 Å². The van der Waals surface area contributed by atoms with Gasteiger partial charge in [-0.25, -0.2) is 9.59 Å². The lowest BCUT2D eigenvalue weighted by atomic mass is 10.1. The minimum atomic E-state index is -1.23. The molecule has 2 unspecified atom stereocenters. The van der Waals surface area contributed by atoms with Crippen molar-refractivity contribution in [1.29, 1.82) is 0 Å². The molecule has 0 aromatic heterocycles. The summed E-state index contributed by atoms with van der Waals surface area (Å²) in [6.45, 7) is 1.73. The molecule has 116 valence electrons. The van der Waals surface area contributed by atoms with Crippen LogP contribution in [0.1, 0.15) is 26.2 Å². The van der Waals surface area contributed by atoms with Gasteiger partial charge in [-0.05, 0) is 19.8 Å². The number of nitrogens with one attached hydrogen (secondary N) is 2. The second-order valence-corrected chi connectivity index (χ2v) is 6.04. The molecule has 0 saturated carbocycles. The van der Waals surface area contributed by atoms with E-state index in [4.69, 9.17) is 10.8 Å². The first-order valence-corrected chi connectivity index (χ1v) is 7.83. The molecule has 0 radical (unpaired) electrons. The molecule has 0 aliphatic carbocycles. The van der Waals surface area contributed by atoms with Crippen molar-refractivity contribution in [3.63, 3.8) is 0 Å². The minimum absolute atomic E-state index is 0.0640. The first-order chi connectivity index (χ1) is 9.22. The first kappa shape index (κ1) is 18.4. The van der Waals surface area contributed by atoms with E-state index in [0.29, 0.717) is 12.2 Å². The normalized spacial score (nSPS) is 14.9. The van der Waals surface area contributed by atoms with E-state index in [2.05, 4.69) is 10.6 Å². The molecule has 0 fully saturated rings. The fourth-order valence-electron chi connectivity index (χ4n) is 1.38. The van der Waals surface area contributed by atoms with Crippen molar-refractivity contribution in [2.75, 3.05) is 12.0 Å². The lowest BCUT2D eigenvalue weighted by molar-refractivity contribution is -0.139. The largest absolute Gasteiger partial charge is 0.480 e. The van der Waals surface area contributed by atoms with Crippen LogP contribution in [-0.2, 0) is 20.4 Å². The second-order valence-electron chi connectivity index (χ2n) is 4.48. The van der Waals surface area contributed by atoms with Gasteiger partial charge in [0.1, 0.15) is 6.04 Å². The van der Waals surface area contributed by atoms with Crippen LogP contribution >= 0.6 is 0 Å². The number of aliphatic carboxylic acids is 1. The van der Waals surface area contributed by atoms with Crippen molar-refractivity contribution in [2.24, 2.45) is 5.73 Å². The molecular weight excluding hydrogens is 286 g/mol. The summed E-state index contributed by atoms with van der Waals surface area (Å²) in [5, 5.41) is 13.7. The number of urea groups is 1. The maximum Gasteiger partial charge on any atom is 0.326 e. The van der Waals surface area contributed by atoms with Gasteiger partial charge in [0.25, 0.3) is 0 Å². The van der Waals surface area contributed by atoms with Crippen LogP contribution in [0.25, 0.3) is 0 Å². The molecule has 0 spiro atoms. The van der Waals surface area contributed by atoms with Crippen LogP contribution in [0.4, 0.5) is 4.79 Å². The Morgan fingerprint density at radius 2 is 1.85 bits per heavy atom. The van der Waals surface area contributed by atoms with Crippen molar-refractivity contribution in [1.82, 2.24) is 10.6 Å². The molecule has 0 rings (SSSR count). The average molecular weight is 307 g/mol. The van der Waals surface area contributed by atoms with Crippen LogP contribution in [0.2, 0.25) is 0 Å². The van der Waals surface area contributed by atoms with Crippen LogP contribution in [0.15, 0.2) is 0 Å². The maximum absolute atomic E-state index is 11.6. The highest BCUT2D eigenvalue weighted by Gasteiger charge is 2.21. The number of primary amides is 1. The fourth-order valence-corrected chi connectivity index (χ4v) is 2.07.